The molecule has 0 radical (unpaired) electrons. The summed E-state index contributed by atoms with van der Waals surface area (Å²) in [6.45, 7) is 9.55. The van der Waals surface area contributed by atoms with Gasteiger partial charge >= 0.3 is 5.97 Å². The number of para-hydroxylation sites is 1. The van der Waals surface area contributed by atoms with Crippen molar-refractivity contribution in [3.8, 4) is 0 Å². The van der Waals surface area contributed by atoms with Crippen LogP contribution in [0.5, 0.6) is 0 Å². The monoisotopic (exact) mass is 434 g/mol. The van der Waals surface area contributed by atoms with Gasteiger partial charge in [-0.3, -0.25) is 9.59 Å². The van der Waals surface area contributed by atoms with Crippen LogP contribution in [0.15, 0.2) is 54.7 Å². The van der Waals surface area contributed by atoms with Gasteiger partial charge in [0, 0.05) is 28.2 Å². The molecule has 0 aliphatic rings. The van der Waals surface area contributed by atoms with E-state index >= 15 is 0 Å². The lowest BCUT2D eigenvalue weighted by atomic mass is 9.86. The molecule has 0 aliphatic heterocycles. The number of carbonyl (C=O) groups is 3. The fourth-order valence-electron chi connectivity index (χ4n) is 3.45. The van der Waals surface area contributed by atoms with Crippen molar-refractivity contribution in [1.29, 1.82) is 0 Å². The molecule has 2 N–H and O–H groups in total. The Morgan fingerprint density at radius 2 is 1.66 bits per heavy atom. The normalized spacial score (nSPS) is 12.6. The molecule has 3 aromatic rings. The lowest BCUT2D eigenvalue weighted by Crippen LogP contribution is -2.45. The van der Waals surface area contributed by atoms with Crippen molar-refractivity contribution in [2.75, 3.05) is 6.61 Å². The molecule has 0 fully saturated rings. The molecule has 6 nitrogen and oxygen atoms in total. The van der Waals surface area contributed by atoms with Crippen LogP contribution >= 0.6 is 0 Å². The molecule has 2 aromatic carbocycles. The third-order valence-electron chi connectivity index (χ3n) is 5.46. The van der Waals surface area contributed by atoms with Gasteiger partial charge in [0.05, 0.1) is 0 Å². The molecule has 0 unspecified atom stereocenters. The maximum absolute atomic E-state index is 12.7. The highest BCUT2D eigenvalue weighted by Crippen LogP contribution is 2.22. The van der Waals surface area contributed by atoms with Crippen LogP contribution in [0.25, 0.3) is 10.9 Å². The van der Waals surface area contributed by atoms with Gasteiger partial charge in [0.25, 0.3) is 5.91 Å². The van der Waals surface area contributed by atoms with Gasteiger partial charge in [-0.25, -0.2) is 4.79 Å². The summed E-state index contributed by atoms with van der Waals surface area (Å²) in [5, 5.41) is 3.53. The highest BCUT2D eigenvalue weighted by Gasteiger charge is 2.27. The zero-order chi connectivity index (χ0) is 23.5. The standard InChI is InChI=1S/C26H30N2O4/c1-16(2)23(28-24(30)17-10-12-18(13-11-17)26(3,4)5)25(31)32-15-22(29)20-14-27-21-9-7-6-8-19(20)21/h6-14,16,23,27H,15H2,1-5H3,(H,28,30)/t23-/m0/s1. The highest BCUT2D eigenvalue weighted by molar-refractivity contribution is 6.09. The number of ether oxygens (including phenoxy) is 1. The second-order valence-electron chi connectivity index (χ2n) is 9.30. The van der Waals surface area contributed by atoms with E-state index < -0.39 is 12.0 Å². The molecular formula is C26H30N2O4. The van der Waals surface area contributed by atoms with Crippen molar-refractivity contribution in [3.05, 3.63) is 71.4 Å². The van der Waals surface area contributed by atoms with Crippen LogP contribution in [0.1, 0.15) is 60.9 Å². The molecule has 1 atom stereocenters. The largest absolute Gasteiger partial charge is 0.456 e. The van der Waals surface area contributed by atoms with E-state index in [9.17, 15) is 14.4 Å². The first kappa shape index (κ1) is 23.3. The number of amides is 1. The number of benzene rings is 2. The summed E-state index contributed by atoms with van der Waals surface area (Å²) in [7, 11) is 0. The molecule has 0 aliphatic carbocycles. The van der Waals surface area contributed by atoms with Crippen LogP contribution in [0, 0.1) is 5.92 Å². The molecule has 0 saturated carbocycles. The van der Waals surface area contributed by atoms with E-state index in [1.165, 1.54) is 0 Å². The van der Waals surface area contributed by atoms with E-state index in [0.29, 0.717) is 11.1 Å². The van der Waals surface area contributed by atoms with Gasteiger partial charge in [0.1, 0.15) is 6.04 Å². The minimum atomic E-state index is -0.861. The molecule has 1 amide bonds. The van der Waals surface area contributed by atoms with Crippen LogP contribution in [0.3, 0.4) is 0 Å². The SMILES string of the molecule is CC(C)[C@H](NC(=O)c1ccc(C(C)(C)C)cc1)C(=O)OCC(=O)c1c[nH]c2ccccc12. The molecule has 0 saturated heterocycles. The van der Waals surface area contributed by atoms with Gasteiger partial charge in [-0.1, -0.05) is 65.0 Å². The van der Waals surface area contributed by atoms with Gasteiger partial charge in [0.2, 0.25) is 5.78 Å². The molecule has 32 heavy (non-hydrogen) atoms. The Morgan fingerprint density at radius 1 is 1.00 bits per heavy atom. The van der Waals surface area contributed by atoms with Crippen LogP contribution in [-0.4, -0.2) is 35.3 Å². The topological polar surface area (TPSA) is 88.3 Å². The van der Waals surface area contributed by atoms with Crippen LogP contribution < -0.4 is 5.32 Å². The minimum Gasteiger partial charge on any atom is -0.456 e. The zero-order valence-corrected chi connectivity index (χ0v) is 19.2. The minimum absolute atomic E-state index is 0.0173. The fourth-order valence-corrected chi connectivity index (χ4v) is 3.45. The lowest BCUT2D eigenvalue weighted by molar-refractivity contribution is -0.145. The first-order chi connectivity index (χ1) is 15.1. The quantitative estimate of drug-likeness (QED) is 0.419. The van der Waals surface area contributed by atoms with Gasteiger partial charge in [-0.15, -0.1) is 0 Å². The number of aromatic nitrogens is 1. The second-order valence-corrected chi connectivity index (χ2v) is 9.30. The Kier molecular flexibility index (Phi) is 6.82. The van der Waals surface area contributed by atoms with Crippen molar-refractivity contribution in [2.24, 2.45) is 5.92 Å². The number of hydrogen-bond acceptors (Lipinski definition) is 4. The molecule has 1 heterocycles. The Labute approximate surface area is 188 Å². The predicted octanol–water partition coefficient (Wildman–Crippen LogP) is 4.65. The van der Waals surface area contributed by atoms with Gasteiger partial charge in [-0.05, 0) is 35.1 Å². The highest BCUT2D eigenvalue weighted by atomic mass is 16.5. The van der Waals surface area contributed by atoms with Gasteiger partial charge in [0.15, 0.2) is 6.61 Å². The molecule has 6 heteroatoms. The second kappa shape index (κ2) is 9.39. The number of aromatic amines is 1. The van der Waals surface area contributed by atoms with E-state index in [4.69, 9.17) is 4.74 Å². The van der Waals surface area contributed by atoms with E-state index in [-0.39, 0.29) is 29.6 Å². The molecule has 168 valence electrons. The van der Waals surface area contributed by atoms with Crippen LogP contribution in [0.4, 0.5) is 0 Å². The summed E-state index contributed by atoms with van der Waals surface area (Å²) in [6.07, 6.45) is 1.61. The fraction of sp³-hybridized carbons (Fsp3) is 0.346. The Balaban J connectivity index is 1.64. The lowest BCUT2D eigenvalue weighted by Gasteiger charge is -2.21. The molecule has 3 rings (SSSR count). The zero-order valence-electron chi connectivity index (χ0n) is 19.2. The summed E-state index contributed by atoms with van der Waals surface area (Å²) in [4.78, 5) is 41.0. The Hall–Kier alpha value is -3.41. The van der Waals surface area contributed by atoms with Crippen LogP contribution in [0.2, 0.25) is 0 Å². The molecular weight excluding hydrogens is 404 g/mol. The molecule has 1 aromatic heterocycles. The van der Waals surface area contributed by atoms with E-state index in [2.05, 4.69) is 31.1 Å². The van der Waals surface area contributed by atoms with Crippen molar-refractivity contribution < 1.29 is 19.1 Å². The number of H-pyrrole nitrogens is 1. The predicted molar refractivity (Wildman–Crippen MR) is 125 cm³/mol. The van der Waals surface area contributed by atoms with Crippen molar-refractivity contribution in [2.45, 2.75) is 46.1 Å². The summed E-state index contributed by atoms with van der Waals surface area (Å²) < 4.78 is 5.28. The third-order valence-corrected chi connectivity index (χ3v) is 5.46. The number of nitrogens with one attached hydrogen (secondary N) is 2. The summed E-state index contributed by atoms with van der Waals surface area (Å²) in [5.41, 5.74) is 2.87. The number of rotatable bonds is 7. The summed E-state index contributed by atoms with van der Waals surface area (Å²) >= 11 is 0. The Morgan fingerprint density at radius 3 is 2.28 bits per heavy atom. The smallest absolute Gasteiger partial charge is 0.329 e. The Bertz CT molecular complexity index is 1120. The first-order valence-electron chi connectivity index (χ1n) is 10.8. The summed E-state index contributed by atoms with van der Waals surface area (Å²) in [5.74, 6) is -1.50. The van der Waals surface area contributed by atoms with Crippen molar-refractivity contribution >= 4 is 28.6 Å². The van der Waals surface area contributed by atoms with Crippen molar-refractivity contribution in [1.82, 2.24) is 10.3 Å². The number of esters is 1. The summed E-state index contributed by atoms with van der Waals surface area (Å²) in [6, 6.07) is 13.9. The van der Waals surface area contributed by atoms with Gasteiger partial charge in [-0.2, -0.15) is 0 Å². The van der Waals surface area contributed by atoms with E-state index in [1.807, 2.05) is 50.2 Å². The number of hydrogen-bond donors (Lipinski definition) is 2. The average molecular weight is 435 g/mol. The molecule has 0 spiro atoms. The number of carbonyl (C=O) groups excluding carboxylic acids is 3. The van der Waals surface area contributed by atoms with E-state index in [0.717, 1.165) is 16.5 Å². The maximum Gasteiger partial charge on any atom is 0.329 e. The number of ketones is 1. The number of fused-ring (bicyclic) bond motifs is 1. The number of Topliss-reactive ketones (excluding diaryl/α,β-unsaturated/α-hetero) is 1. The third kappa shape index (κ3) is 5.25. The van der Waals surface area contributed by atoms with E-state index in [1.54, 1.807) is 18.3 Å². The average Bonchev–Trinajstić information content (AvgIpc) is 3.19. The molecule has 0 bridgehead atoms. The van der Waals surface area contributed by atoms with Gasteiger partial charge < -0.3 is 15.0 Å². The van der Waals surface area contributed by atoms with Crippen molar-refractivity contribution in [3.63, 3.8) is 0 Å². The first-order valence-corrected chi connectivity index (χ1v) is 10.8. The maximum atomic E-state index is 12.7. The van der Waals surface area contributed by atoms with Crippen LogP contribution in [-0.2, 0) is 14.9 Å².